The number of fused-ring (bicyclic) bond motifs is 1. The summed E-state index contributed by atoms with van der Waals surface area (Å²) < 4.78 is 0. The molecular weight excluding hydrogens is 535 g/mol. The van der Waals surface area contributed by atoms with Crippen molar-refractivity contribution in [1.29, 1.82) is 0 Å². The van der Waals surface area contributed by atoms with E-state index in [0.717, 1.165) is 5.56 Å². The van der Waals surface area contributed by atoms with Gasteiger partial charge in [0.2, 0.25) is 0 Å². The van der Waals surface area contributed by atoms with Crippen molar-refractivity contribution in [2.45, 2.75) is 45.2 Å². The molecule has 1 aliphatic rings. The number of unbranched alkanes of at least 4 members (excludes halogenated alkanes) is 1. The van der Waals surface area contributed by atoms with Crippen LogP contribution in [0.2, 0.25) is 10.0 Å². The summed E-state index contributed by atoms with van der Waals surface area (Å²) in [5.41, 5.74) is 2.94. The topological polar surface area (TPSA) is 77.9 Å². The number of halogens is 2. The van der Waals surface area contributed by atoms with Crippen molar-refractivity contribution in [3.63, 3.8) is 0 Å². The van der Waals surface area contributed by atoms with Crippen molar-refractivity contribution >= 4 is 46.7 Å². The normalized spacial score (nSPS) is 15.7. The monoisotopic (exact) mass is 562 g/mol. The minimum absolute atomic E-state index is 0.000809. The average Bonchev–Trinajstić information content (AvgIpc) is 3.00. The number of amides is 2. The molecule has 1 heterocycles. The highest BCUT2D eigenvalue weighted by molar-refractivity contribution is 6.30. The first-order valence-electron chi connectivity index (χ1n) is 12.6. The van der Waals surface area contributed by atoms with Gasteiger partial charge in [-0.05, 0) is 80.3 Å². The van der Waals surface area contributed by atoms with Gasteiger partial charge in [0.15, 0.2) is 0 Å². The number of nitrogens with zero attached hydrogens (tertiary/aromatic N) is 2. The molecule has 3 aromatic carbocycles. The van der Waals surface area contributed by atoms with Gasteiger partial charge in [0.05, 0.1) is 17.3 Å². The molecule has 0 saturated carbocycles. The molecule has 200 valence electrons. The minimum Gasteiger partial charge on any atom is -0.481 e. The van der Waals surface area contributed by atoms with Gasteiger partial charge in [0.25, 0.3) is 11.8 Å². The van der Waals surface area contributed by atoms with Crippen LogP contribution in [0.4, 0.5) is 5.69 Å². The molecule has 0 aromatic heterocycles. The van der Waals surface area contributed by atoms with Crippen molar-refractivity contribution in [1.82, 2.24) is 4.90 Å². The van der Waals surface area contributed by atoms with Crippen molar-refractivity contribution < 1.29 is 19.5 Å². The summed E-state index contributed by atoms with van der Waals surface area (Å²) in [4.78, 5) is 43.1. The predicted octanol–water partition coefficient (Wildman–Crippen LogP) is 6.91. The Kier molecular flexibility index (Phi) is 8.96. The molecule has 0 radical (unpaired) electrons. The van der Waals surface area contributed by atoms with Crippen LogP contribution in [-0.2, 0) is 9.59 Å². The second-order valence-electron chi connectivity index (χ2n) is 9.34. The van der Waals surface area contributed by atoms with Crippen LogP contribution < -0.4 is 4.90 Å². The van der Waals surface area contributed by atoms with Gasteiger partial charge in [-0.2, -0.15) is 0 Å². The number of rotatable bonds is 8. The summed E-state index contributed by atoms with van der Waals surface area (Å²) in [6, 6.07) is 17.9. The summed E-state index contributed by atoms with van der Waals surface area (Å²) in [6.45, 7) is 3.87. The SMILES string of the molecule is CC#Cc1ccc2c(c1)C(=O)N([C@H](C)c1ccc(Cl)cc1)[C@@H](c1ccc(Cl)cc1)C(=O)N2CCCCC(=O)O. The molecule has 0 aliphatic carbocycles. The molecule has 1 N–H and O–H groups in total. The van der Waals surface area contributed by atoms with Gasteiger partial charge >= 0.3 is 5.97 Å². The maximum atomic E-state index is 14.4. The van der Waals surface area contributed by atoms with Crippen molar-refractivity contribution in [2.24, 2.45) is 0 Å². The highest BCUT2D eigenvalue weighted by Gasteiger charge is 2.42. The van der Waals surface area contributed by atoms with Crippen LogP contribution in [0, 0.1) is 11.8 Å². The number of hydrogen-bond donors (Lipinski definition) is 1. The third-order valence-electron chi connectivity index (χ3n) is 6.78. The fraction of sp³-hybridized carbons (Fsp3) is 0.258. The largest absolute Gasteiger partial charge is 0.481 e. The molecule has 39 heavy (non-hydrogen) atoms. The molecular formula is C31H28Cl2N2O4. The van der Waals surface area contributed by atoms with Crippen LogP contribution >= 0.6 is 23.2 Å². The van der Waals surface area contributed by atoms with Crippen LogP contribution in [0.1, 0.15) is 72.2 Å². The molecule has 0 bridgehead atoms. The predicted molar refractivity (Wildman–Crippen MR) is 153 cm³/mol. The number of carbonyl (C=O) groups is 3. The van der Waals surface area contributed by atoms with E-state index in [4.69, 9.17) is 28.3 Å². The Morgan fingerprint density at radius 3 is 2.23 bits per heavy atom. The maximum Gasteiger partial charge on any atom is 0.303 e. The summed E-state index contributed by atoms with van der Waals surface area (Å²) >= 11 is 12.3. The third-order valence-corrected chi connectivity index (χ3v) is 7.28. The molecule has 3 aromatic rings. The lowest BCUT2D eigenvalue weighted by molar-refractivity contribution is -0.137. The first kappa shape index (κ1) is 28.2. The van der Waals surface area contributed by atoms with E-state index >= 15 is 0 Å². The standard InChI is InChI=1S/C31H28Cl2N2O4/c1-3-6-21-8-17-27-26(19-21)30(38)35(20(2)22-9-13-24(32)14-10-22)29(23-11-15-25(33)16-12-23)31(39)34(27)18-5-4-7-28(36)37/h8-17,19-20,29H,4-5,7,18H2,1-2H3,(H,36,37)/t20-,29+/m1/s1. The van der Waals surface area contributed by atoms with Crippen LogP contribution in [0.5, 0.6) is 0 Å². The second kappa shape index (κ2) is 12.4. The van der Waals surface area contributed by atoms with Crippen molar-refractivity contribution in [3.05, 3.63) is 99.0 Å². The molecule has 6 nitrogen and oxygen atoms in total. The van der Waals surface area contributed by atoms with Gasteiger partial charge < -0.3 is 14.9 Å². The van der Waals surface area contributed by atoms with Gasteiger partial charge in [0, 0.05) is 28.6 Å². The number of carboxylic acids is 1. The van der Waals surface area contributed by atoms with E-state index in [9.17, 15) is 14.4 Å². The Labute approximate surface area is 238 Å². The van der Waals surface area contributed by atoms with E-state index in [1.807, 2.05) is 19.1 Å². The second-order valence-corrected chi connectivity index (χ2v) is 10.2. The zero-order valence-electron chi connectivity index (χ0n) is 21.7. The molecule has 0 saturated heterocycles. The Morgan fingerprint density at radius 1 is 0.974 bits per heavy atom. The molecule has 0 spiro atoms. The van der Waals surface area contributed by atoms with E-state index in [1.165, 1.54) is 0 Å². The van der Waals surface area contributed by atoms with E-state index in [2.05, 4.69) is 11.8 Å². The number of anilines is 1. The Balaban J connectivity index is 1.89. The summed E-state index contributed by atoms with van der Waals surface area (Å²) in [7, 11) is 0. The van der Waals surface area contributed by atoms with E-state index in [1.54, 1.807) is 71.3 Å². The van der Waals surface area contributed by atoms with Crippen LogP contribution in [0.3, 0.4) is 0 Å². The van der Waals surface area contributed by atoms with Gasteiger partial charge in [-0.25, -0.2) is 0 Å². The molecule has 8 heteroatoms. The van der Waals surface area contributed by atoms with E-state index < -0.39 is 18.1 Å². The van der Waals surface area contributed by atoms with Crippen LogP contribution in [-0.4, -0.2) is 34.3 Å². The van der Waals surface area contributed by atoms with Crippen molar-refractivity contribution in [3.8, 4) is 11.8 Å². The lowest BCUT2D eigenvalue weighted by Crippen LogP contribution is -2.44. The summed E-state index contributed by atoms with van der Waals surface area (Å²) in [5, 5.41) is 10.2. The maximum absolute atomic E-state index is 14.4. The average molecular weight is 563 g/mol. The molecule has 4 rings (SSSR count). The van der Waals surface area contributed by atoms with Gasteiger partial charge in [-0.3, -0.25) is 14.4 Å². The van der Waals surface area contributed by atoms with E-state index in [0.29, 0.717) is 45.3 Å². The number of benzene rings is 3. The first-order chi connectivity index (χ1) is 18.7. The minimum atomic E-state index is -0.951. The Hall–Kier alpha value is -3.79. The quantitative estimate of drug-likeness (QED) is 0.239. The van der Waals surface area contributed by atoms with Crippen LogP contribution in [0.15, 0.2) is 66.7 Å². The fourth-order valence-electron chi connectivity index (χ4n) is 4.83. The molecule has 0 fully saturated rings. The lowest BCUT2D eigenvalue weighted by Gasteiger charge is -2.36. The Morgan fingerprint density at radius 2 is 1.62 bits per heavy atom. The van der Waals surface area contributed by atoms with E-state index in [-0.39, 0.29) is 24.8 Å². The third kappa shape index (κ3) is 6.27. The number of hydrogen-bond acceptors (Lipinski definition) is 3. The van der Waals surface area contributed by atoms with Crippen molar-refractivity contribution in [2.75, 3.05) is 11.4 Å². The number of carboxylic acid groups (broad SMARTS) is 1. The fourth-order valence-corrected chi connectivity index (χ4v) is 5.08. The van der Waals surface area contributed by atoms with Crippen LogP contribution in [0.25, 0.3) is 0 Å². The van der Waals surface area contributed by atoms with Gasteiger partial charge in [0.1, 0.15) is 6.04 Å². The zero-order chi connectivity index (χ0) is 28.1. The zero-order valence-corrected chi connectivity index (χ0v) is 23.2. The highest BCUT2D eigenvalue weighted by Crippen LogP contribution is 2.40. The number of carbonyl (C=O) groups excluding carboxylic acids is 2. The lowest BCUT2D eigenvalue weighted by atomic mass is 9.98. The Bertz CT molecular complexity index is 1440. The smallest absolute Gasteiger partial charge is 0.303 e. The molecule has 2 atom stereocenters. The highest BCUT2D eigenvalue weighted by atomic mass is 35.5. The summed E-state index contributed by atoms with van der Waals surface area (Å²) in [5.74, 6) is 4.38. The molecule has 1 aliphatic heterocycles. The van der Waals surface area contributed by atoms with Gasteiger partial charge in [-0.15, -0.1) is 5.92 Å². The molecule has 0 unspecified atom stereocenters. The number of aliphatic carboxylic acids is 1. The first-order valence-corrected chi connectivity index (χ1v) is 13.4. The summed E-state index contributed by atoms with van der Waals surface area (Å²) in [6.07, 6.45) is 0.861. The van der Waals surface area contributed by atoms with Gasteiger partial charge in [-0.1, -0.05) is 53.4 Å². The molecule has 2 amide bonds.